The minimum atomic E-state index is -0.216. The molecule has 0 bridgehead atoms. The Morgan fingerprint density at radius 1 is 0.775 bits per heavy atom. The van der Waals surface area contributed by atoms with Gasteiger partial charge in [-0.25, -0.2) is 14.7 Å². The van der Waals surface area contributed by atoms with Crippen LogP contribution in [0.5, 0.6) is 0 Å². The Balaban J connectivity index is 1.50. The molecule has 2 aliphatic rings. The molecule has 5 aromatic rings. The summed E-state index contributed by atoms with van der Waals surface area (Å²) in [7, 11) is 0. The maximum atomic E-state index is 6.57. The van der Waals surface area contributed by atoms with Gasteiger partial charge in [-0.05, 0) is 86.0 Å². The molecular formula is C33H27ClN6. The first-order chi connectivity index (χ1) is 19.5. The number of hydrogen-bond donors (Lipinski definition) is 1. The molecule has 2 aliphatic heterocycles. The average molecular weight is 543 g/mol. The van der Waals surface area contributed by atoms with Gasteiger partial charge >= 0.3 is 0 Å². The first-order valence-electron chi connectivity index (χ1n) is 13.3. The van der Waals surface area contributed by atoms with E-state index < -0.39 is 0 Å². The van der Waals surface area contributed by atoms with Crippen molar-refractivity contribution in [3.8, 4) is 5.69 Å². The van der Waals surface area contributed by atoms with E-state index in [1.54, 1.807) is 0 Å². The number of nitrogens with zero attached hydrogens (tertiary/aromatic N) is 5. The SMILES string of the molecule is Cc1cc(C)cc(NC2=Nc3ccccc3N3C2=Nc2c(c(C)nn2-c2ccccc2)C3c2cccc(Cl)c2)c1. The molecule has 1 atom stereocenters. The highest BCUT2D eigenvalue weighted by atomic mass is 35.5. The van der Waals surface area contributed by atoms with Crippen LogP contribution in [0, 0.1) is 20.8 Å². The van der Waals surface area contributed by atoms with Gasteiger partial charge in [0.05, 0.1) is 28.8 Å². The fourth-order valence-electron chi connectivity index (χ4n) is 5.72. The summed E-state index contributed by atoms with van der Waals surface area (Å²) in [6, 6.07) is 32.6. The molecule has 0 spiro atoms. The van der Waals surface area contributed by atoms with Crippen LogP contribution in [0.3, 0.4) is 0 Å². The molecule has 6 nitrogen and oxygen atoms in total. The van der Waals surface area contributed by atoms with E-state index >= 15 is 0 Å². The van der Waals surface area contributed by atoms with Gasteiger partial charge in [0.2, 0.25) is 0 Å². The summed E-state index contributed by atoms with van der Waals surface area (Å²) < 4.78 is 1.93. The van der Waals surface area contributed by atoms with Crippen LogP contribution in [0.4, 0.5) is 22.9 Å². The molecule has 0 saturated heterocycles. The molecule has 0 amide bonds. The van der Waals surface area contributed by atoms with Crippen molar-refractivity contribution in [3.05, 3.63) is 130 Å². The lowest BCUT2D eigenvalue weighted by Gasteiger charge is -2.40. The maximum absolute atomic E-state index is 6.57. The molecule has 0 fully saturated rings. The van der Waals surface area contributed by atoms with Crippen LogP contribution < -0.4 is 10.2 Å². The Morgan fingerprint density at radius 3 is 2.30 bits per heavy atom. The molecule has 4 aromatic carbocycles. The topological polar surface area (TPSA) is 57.8 Å². The maximum Gasteiger partial charge on any atom is 0.179 e. The van der Waals surface area contributed by atoms with Gasteiger partial charge in [-0.15, -0.1) is 0 Å². The summed E-state index contributed by atoms with van der Waals surface area (Å²) in [6.45, 7) is 6.25. The van der Waals surface area contributed by atoms with E-state index in [2.05, 4.69) is 61.3 Å². The molecule has 7 rings (SSSR count). The number of aliphatic imine (C=N–C) groups is 2. The van der Waals surface area contributed by atoms with Gasteiger partial charge in [-0.1, -0.05) is 60.1 Å². The number of para-hydroxylation sites is 3. The third-order valence-electron chi connectivity index (χ3n) is 7.29. The van der Waals surface area contributed by atoms with E-state index in [-0.39, 0.29) is 6.04 Å². The van der Waals surface area contributed by atoms with Crippen molar-refractivity contribution in [1.82, 2.24) is 9.78 Å². The van der Waals surface area contributed by atoms with E-state index in [4.69, 9.17) is 26.7 Å². The fourth-order valence-corrected chi connectivity index (χ4v) is 5.92. The van der Waals surface area contributed by atoms with Gasteiger partial charge in [0.15, 0.2) is 17.5 Å². The van der Waals surface area contributed by atoms with Gasteiger partial charge in [0, 0.05) is 16.3 Å². The summed E-state index contributed by atoms with van der Waals surface area (Å²) in [4.78, 5) is 12.7. The second-order valence-corrected chi connectivity index (χ2v) is 10.7. The first kappa shape index (κ1) is 24.4. The lowest BCUT2D eigenvalue weighted by Crippen LogP contribution is -2.46. The van der Waals surface area contributed by atoms with Gasteiger partial charge in [0.25, 0.3) is 0 Å². The quantitative estimate of drug-likeness (QED) is 0.250. The minimum absolute atomic E-state index is 0.216. The number of halogens is 1. The molecule has 196 valence electrons. The number of benzene rings is 4. The minimum Gasteiger partial charge on any atom is -0.337 e. The van der Waals surface area contributed by atoms with Crippen molar-refractivity contribution in [2.45, 2.75) is 26.8 Å². The van der Waals surface area contributed by atoms with Crippen LogP contribution >= 0.6 is 11.6 Å². The van der Waals surface area contributed by atoms with Crippen LogP contribution in [0.25, 0.3) is 5.69 Å². The summed E-state index contributed by atoms with van der Waals surface area (Å²) in [5.74, 6) is 2.20. The zero-order chi connectivity index (χ0) is 27.4. The Hall–Kier alpha value is -4.68. The highest BCUT2D eigenvalue weighted by Gasteiger charge is 2.41. The van der Waals surface area contributed by atoms with Crippen molar-refractivity contribution in [2.75, 3.05) is 10.2 Å². The summed E-state index contributed by atoms with van der Waals surface area (Å²) in [5, 5.41) is 9.29. The number of rotatable bonds is 3. The van der Waals surface area contributed by atoms with E-state index in [1.165, 1.54) is 11.1 Å². The molecule has 3 heterocycles. The van der Waals surface area contributed by atoms with E-state index in [0.29, 0.717) is 10.9 Å². The fraction of sp³-hybridized carbons (Fsp3) is 0.121. The van der Waals surface area contributed by atoms with Crippen molar-refractivity contribution >= 4 is 46.2 Å². The third-order valence-corrected chi connectivity index (χ3v) is 7.52. The van der Waals surface area contributed by atoms with Crippen LogP contribution in [-0.4, -0.2) is 21.5 Å². The van der Waals surface area contributed by atoms with Crippen LogP contribution in [0.1, 0.15) is 34.0 Å². The predicted molar refractivity (Wildman–Crippen MR) is 164 cm³/mol. The van der Waals surface area contributed by atoms with Crippen molar-refractivity contribution in [1.29, 1.82) is 0 Å². The molecule has 0 aliphatic carbocycles. The first-order valence-corrected chi connectivity index (χ1v) is 13.7. The molecule has 1 aromatic heterocycles. The molecule has 0 radical (unpaired) electrons. The number of amidine groups is 2. The smallest absolute Gasteiger partial charge is 0.179 e. The predicted octanol–water partition coefficient (Wildman–Crippen LogP) is 8.25. The summed E-state index contributed by atoms with van der Waals surface area (Å²) >= 11 is 6.57. The Kier molecular flexibility index (Phi) is 5.79. The zero-order valence-corrected chi connectivity index (χ0v) is 23.2. The zero-order valence-electron chi connectivity index (χ0n) is 22.4. The highest BCUT2D eigenvalue weighted by molar-refractivity contribution is 6.51. The Bertz CT molecular complexity index is 1820. The lowest BCUT2D eigenvalue weighted by atomic mass is 9.93. The summed E-state index contributed by atoms with van der Waals surface area (Å²) in [5.41, 5.74) is 9.14. The van der Waals surface area contributed by atoms with Crippen molar-refractivity contribution < 1.29 is 0 Å². The molecule has 40 heavy (non-hydrogen) atoms. The van der Waals surface area contributed by atoms with Gasteiger partial charge in [-0.2, -0.15) is 5.10 Å². The molecule has 1 N–H and O–H groups in total. The molecule has 7 heteroatoms. The van der Waals surface area contributed by atoms with Gasteiger partial charge < -0.3 is 10.2 Å². The number of nitrogens with one attached hydrogen (secondary N) is 1. The standard InChI is InChI=1S/C33H27ClN6/c1-20-16-21(2)18-25(17-20)35-31-33-37-32-29(22(3)38-40(32)26-12-5-4-6-13-26)30(23-10-9-11-24(34)19-23)39(33)28-15-8-7-14-27(28)36-31/h4-19,30H,1-3H3,(H,35,36). The number of aryl methyl sites for hydroxylation is 3. The number of aromatic nitrogens is 2. The second kappa shape index (κ2) is 9.50. The lowest BCUT2D eigenvalue weighted by molar-refractivity contribution is 0.815. The molecule has 0 saturated carbocycles. The van der Waals surface area contributed by atoms with Gasteiger partial charge in [0.1, 0.15) is 0 Å². The average Bonchev–Trinajstić information content (AvgIpc) is 3.28. The van der Waals surface area contributed by atoms with Crippen molar-refractivity contribution in [3.63, 3.8) is 0 Å². The van der Waals surface area contributed by atoms with E-state index in [1.807, 2.05) is 71.4 Å². The monoisotopic (exact) mass is 542 g/mol. The number of fused-ring (bicyclic) bond motifs is 4. The number of hydrogen-bond acceptors (Lipinski definition) is 5. The van der Waals surface area contributed by atoms with Crippen LogP contribution in [0.2, 0.25) is 5.02 Å². The van der Waals surface area contributed by atoms with E-state index in [0.717, 1.165) is 51.2 Å². The molecular weight excluding hydrogens is 516 g/mol. The highest BCUT2D eigenvalue weighted by Crippen LogP contribution is 2.48. The largest absolute Gasteiger partial charge is 0.337 e. The Morgan fingerprint density at radius 2 is 1.52 bits per heavy atom. The second-order valence-electron chi connectivity index (χ2n) is 10.3. The van der Waals surface area contributed by atoms with Crippen LogP contribution in [0.15, 0.2) is 107 Å². The normalized spacial score (nSPS) is 15.5. The number of anilines is 2. The summed E-state index contributed by atoms with van der Waals surface area (Å²) in [6.07, 6.45) is 0. The van der Waals surface area contributed by atoms with Crippen molar-refractivity contribution in [2.24, 2.45) is 9.98 Å². The van der Waals surface area contributed by atoms with E-state index in [9.17, 15) is 0 Å². The van der Waals surface area contributed by atoms with Crippen LogP contribution in [-0.2, 0) is 0 Å². The Labute approximate surface area is 238 Å². The molecule has 1 unspecified atom stereocenters. The third kappa shape index (κ3) is 4.08. The van der Waals surface area contributed by atoms with Gasteiger partial charge in [-0.3, -0.25) is 0 Å².